The first kappa shape index (κ1) is 38.0. The van der Waals surface area contributed by atoms with Crippen LogP contribution in [0, 0.1) is 0 Å². The molecule has 0 spiro atoms. The summed E-state index contributed by atoms with van der Waals surface area (Å²) in [7, 11) is 0. The first-order valence-electron chi connectivity index (χ1n) is 22.1. The summed E-state index contributed by atoms with van der Waals surface area (Å²) in [4.78, 5) is 10.4. The number of benzene rings is 10. The molecule has 2 heterocycles. The lowest BCUT2D eigenvalue weighted by Gasteiger charge is -2.16. The van der Waals surface area contributed by atoms with E-state index in [-0.39, 0.29) is 0 Å². The number of rotatable bonds is 8. The lowest BCUT2D eigenvalue weighted by Crippen LogP contribution is -1.97. The zero-order valence-corrected chi connectivity index (χ0v) is 35.5. The van der Waals surface area contributed by atoms with Crippen LogP contribution in [0.3, 0.4) is 0 Å². The second-order valence-corrected chi connectivity index (χ2v) is 16.6. The van der Waals surface area contributed by atoms with Crippen LogP contribution in [0.1, 0.15) is 0 Å². The van der Waals surface area contributed by atoms with E-state index < -0.39 is 0 Å². The third-order valence-electron chi connectivity index (χ3n) is 12.6. The molecule has 0 radical (unpaired) electrons. The first-order chi connectivity index (χ1) is 32.2. The number of hydrogen-bond acceptors (Lipinski definition) is 2. The maximum absolute atomic E-state index is 5.28. The largest absolute Gasteiger partial charge is 0.309 e. The minimum Gasteiger partial charge on any atom is -0.309 e. The average molecular weight is 828 g/mol. The zero-order valence-electron chi connectivity index (χ0n) is 35.5. The standard InChI is InChI=1S/C62H41N3/c1-5-17-42(18-6-1)44-29-31-45(32-30-44)58-41-59(64-62(63-58)46-21-9-3-10-22-46)55-35-34-52(53-25-13-14-26-54(53)55)50-38-48(43-19-7-2-8-20-43)37-49(39-50)47-33-36-61-57(40-47)56-27-15-16-28-60(56)65(61)51-23-11-4-12-24-51/h1-41H. The summed E-state index contributed by atoms with van der Waals surface area (Å²) in [5.41, 5.74) is 17.7. The van der Waals surface area contributed by atoms with Crippen LogP contribution >= 0.6 is 0 Å². The van der Waals surface area contributed by atoms with Crippen molar-refractivity contribution in [2.75, 3.05) is 0 Å². The van der Waals surface area contributed by atoms with Crippen molar-refractivity contribution in [1.29, 1.82) is 0 Å². The lowest BCUT2D eigenvalue weighted by molar-refractivity contribution is 1.18. The summed E-state index contributed by atoms with van der Waals surface area (Å²) in [6.07, 6.45) is 0. The molecule has 2 aromatic heterocycles. The second kappa shape index (κ2) is 16.2. The van der Waals surface area contributed by atoms with E-state index in [1.807, 2.05) is 18.2 Å². The Bertz CT molecular complexity index is 3670. The van der Waals surface area contributed by atoms with E-state index in [1.165, 1.54) is 60.8 Å². The van der Waals surface area contributed by atoms with Crippen LogP contribution in [-0.4, -0.2) is 14.5 Å². The molecule has 12 aromatic rings. The number of para-hydroxylation sites is 2. The predicted molar refractivity (Wildman–Crippen MR) is 272 cm³/mol. The van der Waals surface area contributed by atoms with Gasteiger partial charge >= 0.3 is 0 Å². The van der Waals surface area contributed by atoms with Crippen molar-refractivity contribution in [3.8, 4) is 84.1 Å². The molecule has 10 aromatic carbocycles. The van der Waals surface area contributed by atoms with Crippen LogP contribution in [0.2, 0.25) is 0 Å². The third-order valence-corrected chi connectivity index (χ3v) is 12.6. The van der Waals surface area contributed by atoms with Crippen molar-refractivity contribution in [1.82, 2.24) is 14.5 Å². The molecule has 3 heteroatoms. The second-order valence-electron chi connectivity index (χ2n) is 16.6. The molecule has 3 nitrogen and oxygen atoms in total. The Morgan fingerprint density at radius 1 is 0.246 bits per heavy atom. The van der Waals surface area contributed by atoms with Crippen molar-refractivity contribution in [3.63, 3.8) is 0 Å². The smallest absolute Gasteiger partial charge is 0.160 e. The number of hydrogen-bond donors (Lipinski definition) is 0. The summed E-state index contributed by atoms with van der Waals surface area (Å²) in [6, 6.07) is 89.0. The van der Waals surface area contributed by atoms with Gasteiger partial charge in [-0.25, -0.2) is 9.97 Å². The van der Waals surface area contributed by atoms with Crippen molar-refractivity contribution in [3.05, 3.63) is 249 Å². The van der Waals surface area contributed by atoms with Crippen molar-refractivity contribution in [2.24, 2.45) is 0 Å². The highest BCUT2D eigenvalue weighted by Crippen LogP contribution is 2.41. The summed E-state index contributed by atoms with van der Waals surface area (Å²) in [5, 5.41) is 4.77. The van der Waals surface area contributed by atoms with E-state index in [9.17, 15) is 0 Å². The van der Waals surface area contributed by atoms with Crippen LogP contribution in [0.5, 0.6) is 0 Å². The van der Waals surface area contributed by atoms with Crippen molar-refractivity contribution >= 4 is 32.6 Å². The summed E-state index contributed by atoms with van der Waals surface area (Å²) in [5.74, 6) is 0.697. The van der Waals surface area contributed by atoms with E-state index in [1.54, 1.807) is 0 Å². The van der Waals surface area contributed by atoms with Crippen molar-refractivity contribution in [2.45, 2.75) is 0 Å². The van der Waals surface area contributed by atoms with Crippen LogP contribution in [-0.2, 0) is 0 Å². The molecule has 0 amide bonds. The molecule has 0 bridgehead atoms. The summed E-state index contributed by atoms with van der Waals surface area (Å²) < 4.78 is 2.37. The minimum atomic E-state index is 0.697. The molecule has 304 valence electrons. The first-order valence-corrected chi connectivity index (χ1v) is 22.1. The van der Waals surface area contributed by atoms with Gasteiger partial charge in [0.05, 0.1) is 22.4 Å². The lowest BCUT2D eigenvalue weighted by atomic mass is 9.89. The van der Waals surface area contributed by atoms with Gasteiger partial charge in [-0.15, -0.1) is 0 Å². The normalized spacial score (nSPS) is 11.4. The third kappa shape index (κ3) is 7.06. The fourth-order valence-electron chi connectivity index (χ4n) is 9.44. The van der Waals surface area contributed by atoms with E-state index in [2.05, 4.69) is 235 Å². The van der Waals surface area contributed by atoms with Gasteiger partial charge in [0.2, 0.25) is 0 Å². The van der Waals surface area contributed by atoms with Crippen molar-refractivity contribution < 1.29 is 0 Å². The van der Waals surface area contributed by atoms with Crippen LogP contribution in [0.15, 0.2) is 249 Å². The number of nitrogens with zero attached hydrogens (tertiary/aromatic N) is 3. The van der Waals surface area contributed by atoms with Gasteiger partial charge in [-0.05, 0) is 110 Å². The summed E-state index contributed by atoms with van der Waals surface area (Å²) >= 11 is 0. The molecule has 0 fully saturated rings. The van der Waals surface area contributed by atoms with Gasteiger partial charge < -0.3 is 4.57 Å². The summed E-state index contributed by atoms with van der Waals surface area (Å²) in [6.45, 7) is 0. The molecule has 65 heavy (non-hydrogen) atoms. The molecule has 0 N–H and O–H groups in total. The molecule has 0 unspecified atom stereocenters. The van der Waals surface area contributed by atoms with Gasteiger partial charge in [-0.1, -0.05) is 194 Å². The molecule has 0 aliphatic rings. The van der Waals surface area contributed by atoms with Crippen LogP contribution in [0.4, 0.5) is 0 Å². The Morgan fingerprint density at radius 3 is 1.40 bits per heavy atom. The predicted octanol–water partition coefficient (Wildman–Crippen LogP) is 16.4. The Balaban J connectivity index is 1.01. The fraction of sp³-hybridized carbons (Fsp3) is 0. The van der Waals surface area contributed by atoms with E-state index >= 15 is 0 Å². The number of aromatic nitrogens is 3. The van der Waals surface area contributed by atoms with Gasteiger partial charge in [0.25, 0.3) is 0 Å². The minimum absolute atomic E-state index is 0.697. The molecule has 12 rings (SSSR count). The maximum atomic E-state index is 5.28. The molecule has 0 saturated carbocycles. The quantitative estimate of drug-likeness (QED) is 0.153. The van der Waals surface area contributed by atoms with Gasteiger partial charge in [0.15, 0.2) is 5.82 Å². The topological polar surface area (TPSA) is 30.7 Å². The zero-order chi connectivity index (χ0) is 43.1. The molecular weight excluding hydrogens is 787 g/mol. The van der Waals surface area contributed by atoms with Crippen LogP contribution < -0.4 is 0 Å². The molecule has 0 saturated heterocycles. The van der Waals surface area contributed by atoms with E-state index in [4.69, 9.17) is 9.97 Å². The SMILES string of the molecule is c1ccc(-c2ccc(-c3cc(-c4ccc(-c5cc(-c6ccccc6)cc(-c6ccc7c(c6)c6ccccc6n7-c6ccccc6)c5)c5ccccc45)nc(-c4ccccc4)n3)cc2)cc1. The Labute approximate surface area is 378 Å². The Morgan fingerprint density at radius 2 is 0.708 bits per heavy atom. The van der Waals surface area contributed by atoms with Crippen LogP contribution in [0.25, 0.3) is 117 Å². The highest BCUT2D eigenvalue weighted by Gasteiger charge is 2.18. The highest BCUT2D eigenvalue weighted by atomic mass is 15.0. The fourth-order valence-corrected chi connectivity index (χ4v) is 9.44. The van der Waals surface area contributed by atoms with E-state index in [0.29, 0.717) is 5.82 Å². The van der Waals surface area contributed by atoms with Gasteiger partial charge in [0, 0.05) is 33.2 Å². The number of fused-ring (bicyclic) bond motifs is 4. The van der Waals surface area contributed by atoms with Gasteiger partial charge in [-0.2, -0.15) is 0 Å². The molecule has 0 aliphatic heterocycles. The van der Waals surface area contributed by atoms with Gasteiger partial charge in [0.1, 0.15) is 0 Å². The average Bonchev–Trinajstić information content (AvgIpc) is 3.73. The Kier molecular flexibility index (Phi) is 9.50. The molecule has 0 atom stereocenters. The monoisotopic (exact) mass is 827 g/mol. The highest BCUT2D eigenvalue weighted by molar-refractivity contribution is 6.11. The molecular formula is C62H41N3. The van der Waals surface area contributed by atoms with Gasteiger partial charge in [-0.3, -0.25) is 0 Å². The molecule has 0 aliphatic carbocycles. The Hall–Kier alpha value is -8.66. The maximum Gasteiger partial charge on any atom is 0.160 e. The van der Waals surface area contributed by atoms with E-state index in [0.717, 1.165) is 50.1 Å².